The van der Waals surface area contributed by atoms with Crippen molar-refractivity contribution in [2.75, 3.05) is 5.32 Å². The molecule has 0 radical (unpaired) electrons. The summed E-state index contributed by atoms with van der Waals surface area (Å²) in [6.45, 7) is 0. The molecular formula is C21H13ClN4S. The highest BCUT2D eigenvalue weighted by Gasteiger charge is 2.10. The van der Waals surface area contributed by atoms with Gasteiger partial charge in [-0.25, -0.2) is 9.97 Å². The van der Waals surface area contributed by atoms with Gasteiger partial charge in [0.1, 0.15) is 5.82 Å². The second kappa shape index (κ2) is 6.61. The van der Waals surface area contributed by atoms with Gasteiger partial charge in [0.15, 0.2) is 5.13 Å². The Bertz CT molecular complexity index is 1280. The fourth-order valence-electron chi connectivity index (χ4n) is 3.06. The first-order chi connectivity index (χ1) is 13.3. The largest absolute Gasteiger partial charge is 0.316 e. The van der Waals surface area contributed by atoms with Crippen LogP contribution in [0.4, 0.5) is 10.9 Å². The number of rotatable bonds is 3. The van der Waals surface area contributed by atoms with Crippen molar-refractivity contribution in [2.45, 2.75) is 0 Å². The molecule has 4 nitrogen and oxygen atoms in total. The summed E-state index contributed by atoms with van der Waals surface area (Å²) in [5.41, 5.74) is 2.81. The third-order valence-electron chi connectivity index (χ3n) is 4.35. The molecule has 1 N–H and O–H groups in total. The number of anilines is 2. The zero-order valence-electron chi connectivity index (χ0n) is 14.1. The molecule has 0 unspecified atom stereocenters. The molecule has 0 fully saturated rings. The fourth-order valence-corrected chi connectivity index (χ4v) is 3.95. The van der Waals surface area contributed by atoms with Crippen molar-refractivity contribution in [1.29, 1.82) is 0 Å². The van der Waals surface area contributed by atoms with Crippen LogP contribution in [-0.4, -0.2) is 15.0 Å². The summed E-state index contributed by atoms with van der Waals surface area (Å²) < 4.78 is 0. The first-order valence-corrected chi connectivity index (χ1v) is 9.66. The van der Waals surface area contributed by atoms with Crippen molar-refractivity contribution in [3.05, 3.63) is 77.4 Å². The second-order valence-corrected chi connectivity index (χ2v) is 7.28. The van der Waals surface area contributed by atoms with E-state index in [0.29, 0.717) is 5.82 Å². The lowest BCUT2D eigenvalue weighted by Gasteiger charge is -2.06. The number of halogens is 1. The number of nitrogens with zero attached hydrogens (tertiary/aromatic N) is 3. The minimum Gasteiger partial charge on any atom is -0.316 e. The van der Waals surface area contributed by atoms with Crippen LogP contribution in [0.5, 0.6) is 0 Å². The van der Waals surface area contributed by atoms with Crippen molar-refractivity contribution in [3.8, 4) is 11.3 Å². The van der Waals surface area contributed by atoms with Crippen LogP contribution >= 0.6 is 22.9 Å². The van der Waals surface area contributed by atoms with E-state index in [0.717, 1.165) is 27.3 Å². The Morgan fingerprint density at radius 3 is 2.56 bits per heavy atom. The molecule has 0 saturated heterocycles. The van der Waals surface area contributed by atoms with E-state index < -0.39 is 0 Å². The smallest absolute Gasteiger partial charge is 0.224 e. The summed E-state index contributed by atoms with van der Waals surface area (Å²) in [4.78, 5) is 13.3. The molecule has 5 rings (SSSR count). The van der Waals surface area contributed by atoms with Gasteiger partial charge in [0, 0.05) is 16.3 Å². The molecule has 6 heteroatoms. The molecule has 0 aliphatic rings. The average Bonchev–Trinajstić information content (AvgIpc) is 3.16. The molecule has 2 aromatic heterocycles. The van der Waals surface area contributed by atoms with Gasteiger partial charge in [-0.15, -0.1) is 11.3 Å². The minimum absolute atomic E-state index is 0.211. The molecule has 0 aliphatic heterocycles. The summed E-state index contributed by atoms with van der Waals surface area (Å²) in [5, 5.41) is 9.63. The molecule has 0 spiro atoms. The molecule has 130 valence electrons. The lowest BCUT2D eigenvalue weighted by atomic mass is 10.1. The molecule has 3 aromatic carbocycles. The normalized spacial score (nSPS) is 11.1. The van der Waals surface area contributed by atoms with Crippen molar-refractivity contribution < 1.29 is 0 Å². The van der Waals surface area contributed by atoms with Gasteiger partial charge in [-0.2, -0.15) is 4.98 Å². The third-order valence-corrected chi connectivity index (χ3v) is 5.28. The molecule has 0 saturated carbocycles. The van der Waals surface area contributed by atoms with Crippen LogP contribution in [0.2, 0.25) is 5.28 Å². The second-order valence-electron chi connectivity index (χ2n) is 6.08. The van der Waals surface area contributed by atoms with Crippen LogP contribution in [0, 0.1) is 0 Å². The van der Waals surface area contributed by atoms with Crippen molar-refractivity contribution in [2.24, 2.45) is 0 Å². The highest BCUT2D eigenvalue weighted by molar-refractivity contribution is 7.14. The van der Waals surface area contributed by atoms with Crippen molar-refractivity contribution in [1.82, 2.24) is 15.0 Å². The lowest BCUT2D eigenvalue weighted by Crippen LogP contribution is -1.96. The molecular weight excluding hydrogens is 376 g/mol. The van der Waals surface area contributed by atoms with Gasteiger partial charge in [-0.3, -0.25) is 0 Å². The summed E-state index contributed by atoms with van der Waals surface area (Å²) in [7, 11) is 0. The van der Waals surface area contributed by atoms with E-state index in [4.69, 9.17) is 16.6 Å². The highest BCUT2D eigenvalue weighted by atomic mass is 35.5. The minimum atomic E-state index is 0.211. The zero-order valence-corrected chi connectivity index (χ0v) is 15.6. The molecule has 0 amide bonds. The van der Waals surface area contributed by atoms with Crippen LogP contribution in [-0.2, 0) is 0 Å². The van der Waals surface area contributed by atoms with E-state index in [-0.39, 0.29) is 5.28 Å². The summed E-state index contributed by atoms with van der Waals surface area (Å²) in [5.74, 6) is 0.657. The number of fused-ring (bicyclic) bond motifs is 2. The van der Waals surface area contributed by atoms with E-state index in [2.05, 4.69) is 45.6 Å². The lowest BCUT2D eigenvalue weighted by molar-refractivity contribution is 1.21. The van der Waals surface area contributed by atoms with Gasteiger partial charge in [-0.1, -0.05) is 48.5 Å². The highest BCUT2D eigenvalue weighted by Crippen LogP contribution is 2.31. The quantitative estimate of drug-likeness (QED) is 0.368. The van der Waals surface area contributed by atoms with Crippen molar-refractivity contribution in [3.63, 3.8) is 0 Å². The first-order valence-electron chi connectivity index (χ1n) is 8.40. The van der Waals surface area contributed by atoms with Gasteiger partial charge >= 0.3 is 0 Å². The van der Waals surface area contributed by atoms with E-state index in [1.807, 2.05) is 41.8 Å². The van der Waals surface area contributed by atoms with Gasteiger partial charge in [0.2, 0.25) is 5.28 Å². The third kappa shape index (κ3) is 3.12. The average molecular weight is 389 g/mol. The Labute approximate surface area is 164 Å². The summed E-state index contributed by atoms with van der Waals surface area (Å²) in [6.07, 6.45) is 0. The fraction of sp³-hybridized carbons (Fsp3) is 0. The topological polar surface area (TPSA) is 50.7 Å². The standard InChI is InChI=1S/C21H13ClN4S/c22-20-23-17-8-4-3-7-16(17)19(25-20)26-21-24-18(12-27-21)15-10-9-13-5-1-2-6-14(13)11-15/h1-12H,(H,23,24,25,26). The van der Waals surface area contributed by atoms with E-state index in [1.165, 1.54) is 22.1 Å². The number of para-hydroxylation sites is 1. The van der Waals surface area contributed by atoms with Crippen LogP contribution < -0.4 is 5.32 Å². The Balaban J connectivity index is 1.51. The molecule has 27 heavy (non-hydrogen) atoms. The first kappa shape index (κ1) is 16.2. The summed E-state index contributed by atoms with van der Waals surface area (Å²) in [6, 6.07) is 22.4. The number of aromatic nitrogens is 3. The van der Waals surface area contributed by atoms with Crippen LogP contribution in [0.25, 0.3) is 32.9 Å². The van der Waals surface area contributed by atoms with Crippen LogP contribution in [0.3, 0.4) is 0 Å². The maximum atomic E-state index is 6.07. The van der Waals surface area contributed by atoms with Gasteiger partial charge in [0.25, 0.3) is 0 Å². The molecule has 5 aromatic rings. The number of hydrogen-bond donors (Lipinski definition) is 1. The Morgan fingerprint density at radius 1 is 0.815 bits per heavy atom. The molecule has 0 atom stereocenters. The van der Waals surface area contributed by atoms with Crippen molar-refractivity contribution >= 4 is 55.6 Å². The predicted octanol–water partition coefficient (Wildman–Crippen LogP) is 6.30. The van der Waals surface area contributed by atoms with Crippen LogP contribution in [0.1, 0.15) is 0 Å². The van der Waals surface area contributed by atoms with Crippen LogP contribution in [0.15, 0.2) is 72.1 Å². The van der Waals surface area contributed by atoms with E-state index in [9.17, 15) is 0 Å². The molecule has 2 heterocycles. The van der Waals surface area contributed by atoms with Gasteiger partial charge in [-0.05, 0) is 40.6 Å². The SMILES string of the molecule is Clc1nc(Nc2nc(-c3ccc4ccccc4c3)cs2)c2ccccc2n1. The molecule has 0 bridgehead atoms. The Hall–Kier alpha value is -3.02. The number of benzene rings is 3. The number of nitrogens with one attached hydrogen (secondary N) is 1. The van der Waals surface area contributed by atoms with Gasteiger partial charge < -0.3 is 5.32 Å². The Morgan fingerprint density at radius 2 is 1.63 bits per heavy atom. The monoisotopic (exact) mass is 388 g/mol. The number of hydrogen-bond acceptors (Lipinski definition) is 5. The van der Waals surface area contributed by atoms with E-state index >= 15 is 0 Å². The zero-order chi connectivity index (χ0) is 18.2. The predicted molar refractivity (Wildman–Crippen MR) is 113 cm³/mol. The Kier molecular flexibility index (Phi) is 3.96. The molecule has 0 aliphatic carbocycles. The van der Waals surface area contributed by atoms with E-state index in [1.54, 1.807) is 0 Å². The number of thiazole rings is 1. The summed E-state index contributed by atoms with van der Waals surface area (Å²) >= 11 is 7.60. The maximum absolute atomic E-state index is 6.07. The maximum Gasteiger partial charge on any atom is 0.224 e. The van der Waals surface area contributed by atoms with Gasteiger partial charge in [0.05, 0.1) is 11.2 Å².